The van der Waals surface area contributed by atoms with Crippen LogP contribution in [0.3, 0.4) is 0 Å². The van der Waals surface area contributed by atoms with Crippen molar-refractivity contribution in [2.24, 2.45) is 0 Å². The topological polar surface area (TPSA) is 57.2 Å². The Morgan fingerprint density at radius 3 is 1.24 bits per heavy atom. The molecule has 4 rings (SSSR count). The summed E-state index contributed by atoms with van der Waals surface area (Å²) in [5.41, 5.74) is 3.21. The first-order valence-corrected chi connectivity index (χ1v) is 17.4. The number of benzene rings is 4. The van der Waals surface area contributed by atoms with Crippen LogP contribution in [-0.4, -0.2) is 26.5 Å². The standard InChI is InChI=1S/C19H15AsCl3.C7H8O3S/c1-20(14-8-2-5-11-17(14)21,15-9-3-6-12-18(15)22)16-10-4-7-13-19(16)23;1-6-2-4-7(5-3-6)11(8,9)10/h2-13H,1H3;2-5H,1H3,(H,8,9,10)/q+1;/p-1. The molecule has 4 aromatic rings. The van der Waals surface area contributed by atoms with E-state index in [0.717, 1.165) is 33.7 Å². The van der Waals surface area contributed by atoms with E-state index in [-0.39, 0.29) is 4.90 Å². The van der Waals surface area contributed by atoms with Gasteiger partial charge < -0.3 is 4.55 Å². The normalized spacial score (nSPS) is 11.5. The Bertz CT molecular complexity index is 1280. The minimum atomic E-state index is -4.27. The minimum absolute atomic E-state index is 0.178. The van der Waals surface area contributed by atoms with Gasteiger partial charge in [-0.2, -0.15) is 0 Å². The Hall–Kier alpha value is -1.78. The molecule has 0 N–H and O–H groups in total. The second kappa shape index (κ2) is 11.3. The average Bonchev–Trinajstić information content (AvgIpc) is 2.80. The fraction of sp³-hybridized carbons (Fsp3) is 0.0769. The molecule has 8 heteroatoms. The third kappa shape index (κ3) is 6.07. The zero-order chi connectivity index (χ0) is 24.9. The molecule has 0 amide bonds. The van der Waals surface area contributed by atoms with Crippen molar-refractivity contribution in [3.8, 4) is 0 Å². The molecule has 0 aliphatic heterocycles. The van der Waals surface area contributed by atoms with Crippen LogP contribution >= 0.6 is 34.8 Å². The maximum absolute atomic E-state index is 10.4. The van der Waals surface area contributed by atoms with Crippen molar-refractivity contribution in [1.82, 2.24) is 0 Å². The van der Waals surface area contributed by atoms with Crippen LogP contribution in [-0.2, 0) is 10.1 Å². The van der Waals surface area contributed by atoms with Gasteiger partial charge in [-0.3, -0.25) is 0 Å². The monoisotopic (exact) mass is 594 g/mol. The van der Waals surface area contributed by atoms with Crippen molar-refractivity contribution >= 4 is 71.5 Å². The van der Waals surface area contributed by atoms with E-state index in [9.17, 15) is 13.0 Å². The second-order valence-electron chi connectivity index (χ2n) is 7.63. The van der Waals surface area contributed by atoms with Crippen LogP contribution in [0.5, 0.6) is 0 Å². The predicted molar refractivity (Wildman–Crippen MR) is 144 cm³/mol. The van der Waals surface area contributed by atoms with Crippen molar-refractivity contribution in [3.63, 3.8) is 0 Å². The minimum Gasteiger partial charge on any atom is -0.744 e. The van der Waals surface area contributed by atoms with E-state index >= 15 is 0 Å². The molecule has 0 aromatic heterocycles. The van der Waals surface area contributed by atoms with Crippen molar-refractivity contribution in [2.45, 2.75) is 17.5 Å². The van der Waals surface area contributed by atoms with Gasteiger partial charge in [0.1, 0.15) is 10.1 Å². The molecule has 0 unspecified atom stereocenters. The molecule has 0 bridgehead atoms. The van der Waals surface area contributed by atoms with Crippen LogP contribution in [0.1, 0.15) is 5.56 Å². The summed E-state index contributed by atoms with van der Waals surface area (Å²) < 4.78 is 34.6. The van der Waals surface area contributed by atoms with Gasteiger partial charge in [0.2, 0.25) is 0 Å². The predicted octanol–water partition coefficient (Wildman–Crippen LogP) is 5.65. The largest absolute Gasteiger partial charge is 0.744 e. The third-order valence-corrected chi connectivity index (χ3v) is 16.5. The molecule has 0 atom stereocenters. The third-order valence-electron chi connectivity index (χ3n) is 5.31. The van der Waals surface area contributed by atoms with E-state index in [4.69, 9.17) is 34.8 Å². The first-order chi connectivity index (χ1) is 16.0. The number of rotatable bonds is 4. The number of aryl methyl sites for hydroxylation is 1. The Kier molecular flexibility index (Phi) is 8.92. The van der Waals surface area contributed by atoms with Crippen molar-refractivity contribution in [2.75, 3.05) is 0 Å². The van der Waals surface area contributed by atoms with Crippen LogP contribution in [0.2, 0.25) is 20.8 Å². The van der Waals surface area contributed by atoms with E-state index < -0.39 is 23.7 Å². The van der Waals surface area contributed by atoms with Gasteiger partial charge in [-0.1, -0.05) is 17.7 Å². The van der Waals surface area contributed by atoms with Crippen LogP contribution < -0.4 is 13.1 Å². The molecule has 0 fully saturated rings. The van der Waals surface area contributed by atoms with E-state index in [0.29, 0.717) is 0 Å². The Morgan fingerprint density at radius 2 is 0.941 bits per heavy atom. The quantitative estimate of drug-likeness (QED) is 0.227. The maximum Gasteiger partial charge on any atom is 0.124 e. The average molecular weight is 596 g/mol. The summed E-state index contributed by atoms with van der Waals surface area (Å²) in [6, 6.07) is 29.8. The van der Waals surface area contributed by atoms with Gasteiger partial charge in [0, 0.05) is 0 Å². The van der Waals surface area contributed by atoms with Gasteiger partial charge in [-0.05, 0) is 19.1 Å². The first kappa shape index (κ1) is 26.8. The van der Waals surface area contributed by atoms with Crippen LogP contribution in [0.4, 0.5) is 0 Å². The van der Waals surface area contributed by atoms with Crippen molar-refractivity contribution < 1.29 is 13.0 Å². The van der Waals surface area contributed by atoms with Crippen molar-refractivity contribution in [1.29, 1.82) is 0 Å². The Morgan fingerprint density at radius 1 is 0.618 bits per heavy atom. The van der Waals surface area contributed by atoms with E-state index in [1.54, 1.807) is 12.1 Å². The molecule has 0 heterocycles. The number of hydrogen-bond acceptors (Lipinski definition) is 3. The molecule has 0 radical (unpaired) electrons. The Balaban J connectivity index is 0.000000248. The van der Waals surface area contributed by atoms with Crippen LogP contribution in [0, 0.1) is 6.92 Å². The zero-order valence-corrected chi connectivity index (χ0v) is 23.4. The SMILES string of the molecule is C[As+](c1ccccc1Cl)(c1ccccc1Cl)c1ccccc1Cl.Cc1ccc(S(=O)(=O)[O-])cc1. The van der Waals surface area contributed by atoms with Crippen LogP contribution in [0.15, 0.2) is 102 Å². The molecule has 34 heavy (non-hydrogen) atoms. The van der Waals surface area contributed by atoms with Crippen LogP contribution in [0.25, 0.3) is 0 Å². The summed E-state index contributed by atoms with van der Waals surface area (Å²) >= 11 is 16.9. The molecule has 0 aliphatic carbocycles. The Labute approximate surface area is 218 Å². The van der Waals surface area contributed by atoms with Gasteiger partial charge in [-0.15, -0.1) is 0 Å². The maximum atomic E-state index is 10.4. The second-order valence-corrected chi connectivity index (χ2v) is 17.5. The summed E-state index contributed by atoms with van der Waals surface area (Å²) in [6.07, 6.45) is 0. The molecule has 4 aromatic carbocycles. The van der Waals surface area contributed by atoms with E-state index in [1.165, 1.54) is 12.1 Å². The van der Waals surface area contributed by atoms with Gasteiger partial charge in [0.25, 0.3) is 0 Å². The van der Waals surface area contributed by atoms with Gasteiger partial charge in [-0.25, -0.2) is 8.42 Å². The molecular formula is C26H22AsCl3O3S. The van der Waals surface area contributed by atoms with E-state index in [2.05, 4.69) is 23.9 Å². The van der Waals surface area contributed by atoms with Crippen molar-refractivity contribution in [3.05, 3.63) is 118 Å². The summed E-state index contributed by atoms with van der Waals surface area (Å²) in [5, 5.41) is 2.30. The fourth-order valence-electron chi connectivity index (χ4n) is 3.54. The number of halogens is 3. The fourth-order valence-corrected chi connectivity index (χ4v) is 14.3. The first-order valence-electron chi connectivity index (χ1n) is 10.2. The summed E-state index contributed by atoms with van der Waals surface area (Å²) in [7, 11) is -4.27. The molecular weight excluding hydrogens is 574 g/mol. The van der Waals surface area contributed by atoms with Gasteiger partial charge in [0.05, 0.1) is 4.90 Å². The van der Waals surface area contributed by atoms with Gasteiger partial charge >= 0.3 is 155 Å². The molecule has 3 nitrogen and oxygen atoms in total. The molecule has 0 saturated carbocycles. The summed E-state index contributed by atoms with van der Waals surface area (Å²) in [4.78, 5) is -0.178. The number of hydrogen-bond donors (Lipinski definition) is 0. The zero-order valence-electron chi connectivity index (χ0n) is 18.5. The van der Waals surface area contributed by atoms with E-state index in [1.807, 2.05) is 61.5 Å². The molecule has 0 spiro atoms. The summed E-state index contributed by atoms with van der Waals surface area (Å²) in [5.74, 6) is 0. The molecule has 176 valence electrons. The molecule has 0 aliphatic rings. The summed E-state index contributed by atoms with van der Waals surface area (Å²) in [6.45, 7) is 1.82. The van der Waals surface area contributed by atoms with Gasteiger partial charge in [0.15, 0.2) is 0 Å². The molecule has 0 saturated heterocycles. The smallest absolute Gasteiger partial charge is 0.124 e.